The average Bonchev–Trinajstić information content (AvgIpc) is 1.94. The van der Waals surface area contributed by atoms with Gasteiger partial charge in [0, 0.05) is 0 Å². The first-order valence-electron chi connectivity index (χ1n) is 3.30. The Kier molecular flexibility index (Phi) is 3.11. The molecule has 1 aliphatic heterocycles. The number of hydrogen-bond acceptors (Lipinski definition) is 1. The fraction of sp³-hybridized carbons (Fsp3) is 1.00. The molecule has 0 aromatic rings. The number of hydrogen-bond donors (Lipinski definition) is 0. The van der Waals surface area contributed by atoms with Gasteiger partial charge in [-0.25, -0.2) is 4.39 Å². The summed E-state index contributed by atoms with van der Waals surface area (Å²) in [6, 6.07) is 0. The lowest BCUT2D eigenvalue weighted by molar-refractivity contribution is -0.476. The highest BCUT2D eigenvalue weighted by Crippen LogP contribution is 2.70. The van der Waals surface area contributed by atoms with Crippen LogP contribution < -0.4 is 0 Å². The van der Waals surface area contributed by atoms with Crippen LogP contribution >= 0.6 is 46.4 Å². The summed E-state index contributed by atoms with van der Waals surface area (Å²) in [5, 5.41) is -9.47. The summed E-state index contributed by atoms with van der Waals surface area (Å²) in [4.78, 5) is 0. The van der Waals surface area contributed by atoms with E-state index in [-0.39, 0.29) is 0 Å². The summed E-state index contributed by atoms with van der Waals surface area (Å²) in [6.45, 7) is 0. The van der Waals surface area contributed by atoms with E-state index in [2.05, 4.69) is 51.1 Å². The molecular formula is C5Cl4F6O. The molecule has 0 unspecified atom stereocenters. The second-order valence-corrected chi connectivity index (χ2v) is 5.07. The third-order valence-corrected chi connectivity index (χ3v) is 3.00. The summed E-state index contributed by atoms with van der Waals surface area (Å²) in [6.07, 6.45) is 0. The molecule has 0 saturated carbocycles. The average molecular weight is 332 g/mol. The van der Waals surface area contributed by atoms with Crippen LogP contribution in [0, 0.1) is 0 Å². The zero-order valence-electron chi connectivity index (χ0n) is 6.69. The number of rotatable bonds is 2. The minimum absolute atomic E-state index is 3.29. The van der Waals surface area contributed by atoms with E-state index in [1.54, 1.807) is 0 Å². The maximum atomic E-state index is 13.0. The maximum absolute atomic E-state index is 13.0. The summed E-state index contributed by atoms with van der Waals surface area (Å²) >= 11 is 17.6. The first-order valence-corrected chi connectivity index (χ1v) is 4.81. The Hall–Kier alpha value is 0.700. The van der Waals surface area contributed by atoms with Crippen LogP contribution in [0.5, 0.6) is 0 Å². The third kappa shape index (κ3) is 1.51. The molecule has 0 bridgehead atoms. The van der Waals surface area contributed by atoms with Crippen LogP contribution in [0.25, 0.3) is 0 Å². The largest absolute Gasteiger partial charge is 0.362 e. The second-order valence-electron chi connectivity index (χ2n) is 2.87. The SMILES string of the molecule is FC(F)(Cl)[C@@]1(C(F)(Cl)Cl)O[C@@](F)(Cl)C1(F)F. The van der Waals surface area contributed by atoms with Gasteiger partial charge in [0.1, 0.15) is 0 Å². The van der Waals surface area contributed by atoms with Crippen molar-refractivity contribution in [3.63, 3.8) is 0 Å². The van der Waals surface area contributed by atoms with E-state index < -0.39 is 26.8 Å². The van der Waals surface area contributed by atoms with Crippen LogP contribution in [0.3, 0.4) is 0 Å². The Morgan fingerprint density at radius 1 is 0.938 bits per heavy atom. The predicted molar refractivity (Wildman–Crippen MR) is 44.8 cm³/mol. The van der Waals surface area contributed by atoms with Crippen molar-refractivity contribution in [1.82, 2.24) is 0 Å². The molecule has 1 rings (SSSR count). The molecule has 0 spiro atoms. The zero-order valence-corrected chi connectivity index (χ0v) is 9.71. The van der Waals surface area contributed by atoms with Crippen LogP contribution in [-0.4, -0.2) is 26.8 Å². The Balaban J connectivity index is 3.35. The van der Waals surface area contributed by atoms with Gasteiger partial charge in [0.15, 0.2) is 0 Å². The van der Waals surface area contributed by atoms with Crippen LogP contribution in [0.15, 0.2) is 0 Å². The van der Waals surface area contributed by atoms with E-state index in [1.165, 1.54) is 0 Å². The highest BCUT2D eigenvalue weighted by molar-refractivity contribution is 6.49. The smallest absolute Gasteiger partial charge is 0.302 e. The van der Waals surface area contributed by atoms with Crippen LogP contribution in [0.1, 0.15) is 0 Å². The number of alkyl halides is 10. The summed E-state index contributed by atoms with van der Waals surface area (Å²) in [5.74, 6) is -5.24. The van der Waals surface area contributed by atoms with E-state index in [9.17, 15) is 26.3 Å². The molecule has 16 heavy (non-hydrogen) atoms. The van der Waals surface area contributed by atoms with E-state index in [0.29, 0.717) is 0 Å². The quantitative estimate of drug-likeness (QED) is 0.544. The molecule has 0 aromatic heterocycles. The molecular weight excluding hydrogens is 332 g/mol. The molecule has 1 heterocycles. The van der Waals surface area contributed by atoms with Crippen LogP contribution in [0.4, 0.5) is 26.3 Å². The minimum Gasteiger partial charge on any atom is -0.302 e. The summed E-state index contributed by atoms with van der Waals surface area (Å²) in [7, 11) is 0. The van der Waals surface area contributed by atoms with Gasteiger partial charge in [-0.1, -0.05) is 23.2 Å². The van der Waals surface area contributed by atoms with Crippen molar-refractivity contribution in [2.24, 2.45) is 0 Å². The van der Waals surface area contributed by atoms with Crippen molar-refractivity contribution in [3.05, 3.63) is 0 Å². The fourth-order valence-electron chi connectivity index (χ4n) is 1.11. The molecule has 1 aliphatic rings. The summed E-state index contributed by atoms with van der Waals surface area (Å²) in [5.41, 5.74) is -4.62. The van der Waals surface area contributed by atoms with E-state index in [0.717, 1.165) is 0 Å². The Morgan fingerprint density at radius 2 is 1.31 bits per heavy atom. The molecule has 11 heteroatoms. The Morgan fingerprint density at radius 3 is 1.38 bits per heavy atom. The van der Waals surface area contributed by atoms with Crippen molar-refractivity contribution in [3.8, 4) is 0 Å². The highest BCUT2D eigenvalue weighted by atomic mass is 35.5. The van der Waals surface area contributed by atoms with Gasteiger partial charge in [0.25, 0.3) is 10.2 Å². The summed E-state index contributed by atoms with van der Waals surface area (Å²) < 4.78 is 75.9. The van der Waals surface area contributed by atoms with Gasteiger partial charge in [-0.15, -0.1) is 0 Å². The van der Waals surface area contributed by atoms with Gasteiger partial charge in [-0.05, 0) is 23.2 Å². The second kappa shape index (κ2) is 3.38. The van der Waals surface area contributed by atoms with Gasteiger partial charge in [0.2, 0.25) is 0 Å². The minimum atomic E-state index is -5.24. The molecule has 2 atom stereocenters. The van der Waals surface area contributed by atoms with Crippen molar-refractivity contribution in [2.75, 3.05) is 0 Å². The molecule has 96 valence electrons. The van der Waals surface area contributed by atoms with E-state index in [4.69, 9.17) is 0 Å². The molecule has 0 aliphatic carbocycles. The van der Waals surface area contributed by atoms with Crippen molar-refractivity contribution in [1.29, 1.82) is 0 Å². The molecule has 1 saturated heterocycles. The normalized spacial score (nSPS) is 39.4. The molecule has 0 aromatic carbocycles. The first kappa shape index (κ1) is 14.8. The fourth-order valence-corrected chi connectivity index (χ4v) is 2.30. The van der Waals surface area contributed by atoms with Gasteiger partial charge in [-0.3, -0.25) is 0 Å². The van der Waals surface area contributed by atoms with Crippen molar-refractivity contribution >= 4 is 46.4 Å². The maximum Gasteiger partial charge on any atom is 0.362 e. The van der Waals surface area contributed by atoms with E-state index >= 15 is 0 Å². The first-order chi connectivity index (χ1) is 6.71. The van der Waals surface area contributed by atoms with E-state index in [1.807, 2.05) is 0 Å². The number of halogens is 10. The molecule has 0 N–H and O–H groups in total. The molecule has 0 amide bonds. The molecule has 1 fully saturated rings. The third-order valence-electron chi connectivity index (χ3n) is 1.89. The Labute approximate surface area is 105 Å². The lowest BCUT2D eigenvalue weighted by Crippen LogP contribution is -2.83. The van der Waals surface area contributed by atoms with Crippen molar-refractivity contribution in [2.45, 2.75) is 26.8 Å². The lowest BCUT2D eigenvalue weighted by atomic mass is 9.89. The van der Waals surface area contributed by atoms with Gasteiger partial charge in [-0.2, -0.15) is 22.0 Å². The van der Waals surface area contributed by atoms with Gasteiger partial charge in [0.05, 0.1) is 0 Å². The highest BCUT2D eigenvalue weighted by Gasteiger charge is 2.95. The van der Waals surface area contributed by atoms with Crippen molar-refractivity contribution < 1.29 is 31.1 Å². The topological polar surface area (TPSA) is 9.23 Å². The van der Waals surface area contributed by atoms with Gasteiger partial charge < -0.3 is 4.74 Å². The standard InChI is InChI=1S/C5Cl4F6O/c6-3(7,12)1(4(8,13)14)2(10,11)5(9,15)16-1/t1-,5-/m1/s1. The molecule has 1 nitrogen and oxygen atoms in total. The monoisotopic (exact) mass is 330 g/mol. The van der Waals surface area contributed by atoms with Gasteiger partial charge >= 0.3 is 16.6 Å². The number of ether oxygens (including phenoxy) is 1. The van der Waals surface area contributed by atoms with Crippen LogP contribution in [-0.2, 0) is 4.74 Å². The predicted octanol–water partition coefficient (Wildman–Crippen LogP) is 4.19. The lowest BCUT2D eigenvalue weighted by Gasteiger charge is -2.56. The Bertz CT molecular complexity index is 293. The zero-order chi connectivity index (χ0) is 13.2. The van der Waals surface area contributed by atoms with Crippen LogP contribution in [0.2, 0.25) is 0 Å². The molecule has 0 radical (unpaired) electrons.